The summed E-state index contributed by atoms with van der Waals surface area (Å²) >= 11 is 0. The molecule has 0 aliphatic rings. The first-order valence-corrected chi connectivity index (χ1v) is 8.89. The van der Waals surface area contributed by atoms with Gasteiger partial charge in [-0.15, -0.1) is 0 Å². The van der Waals surface area contributed by atoms with Crippen LogP contribution in [-0.4, -0.2) is 19.2 Å². The normalized spacial score (nSPS) is 11.3. The maximum Gasteiger partial charge on any atom is 0.219 e. The van der Waals surface area contributed by atoms with Crippen LogP contribution >= 0.6 is 0 Å². The number of aromatic nitrogens is 1. The molecule has 0 amide bonds. The van der Waals surface area contributed by atoms with E-state index in [0.29, 0.717) is 18.1 Å². The number of sulfonamides is 1. The van der Waals surface area contributed by atoms with Crippen LogP contribution in [0.2, 0.25) is 0 Å². The Morgan fingerprint density at radius 3 is 2.68 bits per heavy atom. The van der Waals surface area contributed by atoms with Crippen LogP contribution in [0.5, 0.6) is 11.6 Å². The van der Waals surface area contributed by atoms with Gasteiger partial charge in [-0.3, -0.25) is 0 Å². The molecule has 118 valence electrons. The zero-order valence-electron chi connectivity index (χ0n) is 12.5. The Balaban J connectivity index is 1.97. The summed E-state index contributed by atoms with van der Waals surface area (Å²) in [6.07, 6.45) is 3.12. The fourth-order valence-corrected chi connectivity index (χ4v) is 3.02. The quantitative estimate of drug-likeness (QED) is 0.811. The average molecular weight is 320 g/mol. The van der Waals surface area contributed by atoms with Crippen LogP contribution < -0.4 is 9.46 Å². The summed E-state index contributed by atoms with van der Waals surface area (Å²) < 4.78 is 31.8. The van der Waals surface area contributed by atoms with E-state index in [4.69, 9.17) is 4.74 Å². The van der Waals surface area contributed by atoms with E-state index in [1.807, 2.05) is 37.3 Å². The molecule has 0 atom stereocenters. The van der Waals surface area contributed by atoms with Crippen LogP contribution in [-0.2, 0) is 16.6 Å². The van der Waals surface area contributed by atoms with Crippen molar-refractivity contribution < 1.29 is 13.2 Å². The second kappa shape index (κ2) is 7.91. The average Bonchev–Trinajstić information content (AvgIpc) is 2.53. The molecule has 0 saturated carbocycles. The number of ether oxygens (including phenoxy) is 1. The molecule has 0 radical (unpaired) electrons. The highest BCUT2D eigenvalue weighted by Crippen LogP contribution is 2.19. The largest absolute Gasteiger partial charge is 0.439 e. The van der Waals surface area contributed by atoms with Crippen molar-refractivity contribution in [2.45, 2.75) is 26.3 Å². The zero-order chi connectivity index (χ0) is 15.8. The third-order valence-corrected chi connectivity index (χ3v) is 4.44. The summed E-state index contributed by atoms with van der Waals surface area (Å²) in [5.41, 5.74) is 0.806. The lowest BCUT2D eigenvalue weighted by atomic mass is 10.3. The van der Waals surface area contributed by atoms with Gasteiger partial charge in [0.1, 0.15) is 5.75 Å². The minimum atomic E-state index is -3.22. The molecule has 0 aliphatic carbocycles. The molecular weight excluding hydrogens is 300 g/mol. The first-order valence-electron chi connectivity index (χ1n) is 7.24. The smallest absolute Gasteiger partial charge is 0.219 e. The van der Waals surface area contributed by atoms with Crippen molar-refractivity contribution in [3.8, 4) is 11.6 Å². The van der Waals surface area contributed by atoms with Gasteiger partial charge in [-0.05, 0) is 30.2 Å². The van der Waals surface area contributed by atoms with Crippen molar-refractivity contribution in [2.24, 2.45) is 0 Å². The number of hydrogen-bond acceptors (Lipinski definition) is 4. The lowest BCUT2D eigenvalue weighted by Gasteiger charge is -2.08. The molecule has 0 aliphatic heterocycles. The van der Waals surface area contributed by atoms with Crippen molar-refractivity contribution in [3.05, 3.63) is 54.2 Å². The zero-order valence-corrected chi connectivity index (χ0v) is 13.3. The monoisotopic (exact) mass is 320 g/mol. The molecule has 1 N–H and O–H groups in total. The number of unbranched alkanes of at least 4 members (excludes halogenated alkanes) is 1. The van der Waals surface area contributed by atoms with Crippen molar-refractivity contribution in [2.75, 3.05) is 5.75 Å². The van der Waals surface area contributed by atoms with E-state index >= 15 is 0 Å². The van der Waals surface area contributed by atoms with Gasteiger partial charge in [0.2, 0.25) is 15.9 Å². The Kier molecular flexibility index (Phi) is 5.91. The van der Waals surface area contributed by atoms with E-state index in [1.165, 1.54) is 0 Å². The standard InChI is InChI=1S/C16H20N2O3S/c1-2-3-11-22(19,20)18-13-14-9-10-17-16(12-14)21-15-7-5-4-6-8-15/h4-10,12,18H,2-3,11,13H2,1H3. The number of benzene rings is 1. The molecule has 2 rings (SSSR count). The van der Waals surface area contributed by atoms with Gasteiger partial charge in [0.15, 0.2) is 0 Å². The summed E-state index contributed by atoms with van der Waals surface area (Å²) in [6, 6.07) is 12.8. The van der Waals surface area contributed by atoms with Gasteiger partial charge in [0.25, 0.3) is 0 Å². The fourth-order valence-electron chi connectivity index (χ4n) is 1.83. The SMILES string of the molecule is CCCCS(=O)(=O)NCc1ccnc(Oc2ccccc2)c1. The highest BCUT2D eigenvalue weighted by atomic mass is 32.2. The van der Waals surface area contributed by atoms with Crippen molar-refractivity contribution in [1.29, 1.82) is 0 Å². The van der Waals surface area contributed by atoms with Gasteiger partial charge in [0, 0.05) is 18.8 Å². The molecule has 1 aromatic heterocycles. The first kappa shape index (κ1) is 16.5. The van der Waals surface area contributed by atoms with Crippen LogP contribution in [0.4, 0.5) is 0 Å². The third-order valence-electron chi connectivity index (χ3n) is 3.03. The molecule has 0 saturated heterocycles. The maximum atomic E-state index is 11.8. The Bertz CT molecular complexity index is 688. The minimum Gasteiger partial charge on any atom is -0.439 e. The predicted molar refractivity (Wildman–Crippen MR) is 86.3 cm³/mol. The highest BCUT2D eigenvalue weighted by molar-refractivity contribution is 7.89. The Labute approximate surface area is 131 Å². The third kappa shape index (κ3) is 5.46. The van der Waals surface area contributed by atoms with E-state index in [9.17, 15) is 8.42 Å². The van der Waals surface area contributed by atoms with E-state index in [1.54, 1.807) is 18.3 Å². The summed E-state index contributed by atoms with van der Waals surface area (Å²) in [7, 11) is -3.22. The molecular formula is C16H20N2O3S. The number of nitrogens with one attached hydrogen (secondary N) is 1. The lowest BCUT2D eigenvalue weighted by molar-refractivity contribution is 0.462. The molecule has 0 unspecified atom stereocenters. The van der Waals surface area contributed by atoms with E-state index in [-0.39, 0.29) is 12.3 Å². The van der Waals surface area contributed by atoms with Gasteiger partial charge in [-0.25, -0.2) is 18.1 Å². The molecule has 0 bridgehead atoms. The summed E-state index contributed by atoms with van der Waals surface area (Å²) in [6.45, 7) is 2.20. The van der Waals surface area contributed by atoms with Gasteiger partial charge in [-0.2, -0.15) is 0 Å². The van der Waals surface area contributed by atoms with E-state index < -0.39 is 10.0 Å². The molecule has 6 heteroatoms. The van der Waals surface area contributed by atoms with Crippen LogP contribution in [0.15, 0.2) is 48.7 Å². The van der Waals surface area contributed by atoms with Gasteiger partial charge in [-0.1, -0.05) is 31.5 Å². The molecule has 22 heavy (non-hydrogen) atoms. The molecule has 1 aromatic carbocycles. The molecule has 0 fully saturated rings. The highest BCUT2D eigenvalue weighted by Gasteiger charge is 2.09. The van der Waals surface area contributed by atoms with E-state index in [0.717, 1.165) is 12.0 Å². The van der Waals surface area contributed by atoms with Crippen LogP contribution in [0.25, 0.3) is 0 Å². The van der Waals surface area contributed by atoms with Gasteiger partial charge in [0.05, 0.1) is 5.75 Å². The van der Waals surface area contributed by atoms with Crippen molar-refractivity contribution in [3.63, 3.8) is 0 Å². The number of rotatable bonds is 8. The molecule has 1 heterocycles. The molecule has 0 spiro atoms. The number of nitrogens with zero attached hydrogens (tertiary/aromatic N) is 1. The lowest BCUT2D eigenvalue weighted by Crippen LogP contribution is -2.25. The molecule has 2 aromatic rings. The second-order valence-electron chi connectivity index (χ2n) is 4.91. The first-order chi connectivity index (χ1) is 10.6. The second-order valence-corrected chi connectivity index (χ2v) is 6.84. The summed E-state index contributed by atoms with van der Waals surface area (Å²) in [5.74, 6) is 1.29. The topological polar surface area (TPSA) is 68.3 Å². The Morgan fingerprint density at radius 2 is 1.95 bits per heavy atom. The van der Waals surface area contributed by atoms with Crippen molar-refractivity contribution >= 4 is 10.0 Å². The Hall–Kier alpha value is -1.92. The minimum absolute atomic E-state index is 0.155. The predicted octanol–water partition coefficient (Wildman–Crippen LogP) is 3.09. The van der Waals surface area contributed by atoms with Gasteiger partial charge >= 0.3 is 0 Å². The maximum absolute atomic E-state index is 11.8. The summed E-state index contributed by atoms with van der Waals surface area (Å²) in [4.78, 5) is 4.13. The van der Waals surface area contributed by atoms with Crippen LogP contribution in [0.1, 0.15) is 25.3 Å². The van der Waals surface area contributed by atoms with Crippen LogP contribution in [0.3, 0.4) is 0 Å². The van der Waals surface area contributed by atoms with Crippen molar-refractivity contribution in [1.82, 2.24) is 9.71 Å². The van der Waals surface area contributed by atoms with Crippen LogP contribution in [0, 0.1) is 0 Å². The Morgan fingerprint density at radius 1 is 1.18 bits per heavy atom. The van der Waals surface area contributed by atoms with E-state index in [2.05, 4.69) is 9.71 Å². The molecule has 5 nitrogen and oxygen atoms in total. The van der Waals surface area contributed by atoms with Gasteiger partial charge < -0.3 is 4.74 Å². The number of para-hydroxylation sites is 1. The number of pyridine rings is 1. The summed E-state index contributed by atoms with van der Waals surface area (Å²) in [5, 5.41) is 0. The fraction of sp³-hybridized carbons (Fsp3) is 0.312. The number of hydrogen-bond donors (Lipinski definition) is 1.